The highest BCUT2D eigenvalue weighted by Gasteiger charge is 2.65. The fourth-order valence-electron chi connectivity index (χ4n) is 8.35. The van der Waals surface area contributed by atoms with Gasteiger partial charge in [-0.3, -0.25) is 9.59 Å². The maximum Gasteiger partial charge on any atom is 0.377 e. The summed E-state index contributed by atoms with van der Waals surface area (Å²) < 4.78 is 48.7. The molecule has 0 aromatic carbocycles. The van der Waals surface area contributed by atoms with Gasteiger partial charge in [-0.15, -0.1) is 0 Å². The summed E-state index contributed by atoms with van der Waals surface area (Å²) in [5.41, 5.74) is -2.04. The third-order valence-electron chi connectivity index (χ3n) is 9.11. The van der Waals surface area contributed by atoms with Crippen LogP contribution in [0.4, 0.5) is 8.78 Å². The van der Waals surface area contributed by atoms with Gasteiger partial charge in [0.25, 0.3) is 0 Å². The van der Waals surface area contributed by atoms with Crippen LogP contribution >= 0.6 is 0 Å². The van der Waals surface area contributed by atoms with Crippen LogP contribution in [0.25, 0.3) is 0 Å². The summed E-state index contributed by atoms with van der Waals surface area (Å²) in [6.07, 6.45) is 3.53. The van der Waals surface area contributed by atoms with E-state index in [1.807, 2.05) is 0 Å². The number of hydrogen-bond donors (Lipinski definition) is 0. The molecule has 1 aliphatic heterocycles. The molecule has 0 spiro atoms. The Hall–Kier alpha value is -2.26. The maximum absolute atomic E-state index is 13.5. The average Bonchev–Trinajstić information content (AvgIpc) is 3.35. The Morgan fingerprint density at radius 2 is 1.79 bits per heavy atom. The second-order valence-corrected chi connectivity index (χ2v) is 11.6. The van der Waals surface area contributed by atoms with E-state index in [2.05, 4.69) is 0 Å². The number of fused-ring (bicyclic) bond motifs is 1. The quantitative estimate of drug-likeness (QED) is 0.420. The first kappa shape index (κ1) is 22.2. The molecule has 7 fully saturated rings. The molecule has 6 aliphatic carbocycles. The van der Waals surface area contributed by atoms with Gasteiger partial charge in [-0.25, -0.2) is 9.59 Å². The van der Waals surface area contributed by atoms with Gasteiger partial charge >= 0.3 is 29.8 Å². The molecule has 0 radical (unpaired) electrons. The van der Waals surface area contributed by atoms with Gasteiger partial charge in [0.1, 0.15) is 17.8 Å². The minimum Gasteiger partial charge on any atom is -0.458 e. The lowest BCUT2D eigenvalue weighted by molar-refractivity contribution is -0.225. The Morgan fingerprint density at radius 1 is 1.09 bits per heavy atom. The standard InChI is InChI=1S/C24H28F2O8/c1-22(25,26)20(29)34-24-7-11-2-12(8-24)6-23(5-11,10-24)21(30)31-9-16(27)32-17-13-3-14-15(4-13)19(28)33-18(14)17/h11-15,17-18H,2-10H2,1H3. The van der Waals surface area contributed by atoms with Gasteiger partial charge in [-0.2, -0.15) is 8.78 Å². The molecule has 8 nitrogen and oxygen atoms in total. The van der Waals surface area contributed by atoms with Gasteiger partial charge in [0, 0.05) is 25.2 Å². The van der Waals surface area contributed by atoms with Crippen molar-refractivity contribution in [3.05, 3.63) is 0 Å². The predicted octanol–water partition coefficient (Wildman–Crippen LogP) is 2.56. The Kier molecular flexibility index (Phi) is 4.66. The van der Waals surface area contributed by atoms with Crippen LogP contribution in [0.5, 0.6) is 0 Å². The highest BCUT2D eigenvalue weighted by atomic mass is 19.3. The lowest BCUT2D eigenvalue weighted by Gasteiger charge is -2.59. The summed E-state index contributed by atoms with van der Waals surface area (Å²) >= 11 is 0. The van der Waals surface area contributed by atoms with E-state index in [1.165, 1.54) is 0 Å². The Labute approximate surface area is 195 Å². The molecule has 6 bridgehead atoms. The van der Waals surface area contributed by atoms with E-state index in [9.17, 15) is 28.0 Å². The molecule has 7 atom stereocenters. The number of carbonyl (C=O) groups is 4. The zero-order valence-corrected chi connectivity index (χ0v) is 18.9. The summed E-state index contributed by atoms with van der Waals surface area (Å²) in [7, 11) is 0. The van der Waals surface area contributed by atoms with Crippen molar-refractivity contribution < 1.29 is 46.9 Å². The summed E-state index contributed by atoms with van der Waals surface area (Å²) in [5, 5.41) is 0. The maximum atomic E-state index is 13.5. The lowest BCUT2D eigenvalue weighted by Crippen LogP contribution is -2.60. The minimum atomic E-state index is -3.60. The van der Waals surface area contributed by atoms with Crippen LogP contribution in [-0.4, -0.2) is 54.2 Å². The molecule has 0 amide bonds. The normalized spacial score (nSPS) is 45.3. The smallest absolute Gasteiger partial charge is 0.377 e. The van der Waals surface area contributed by atoms with E-state index in [0.717, 1.165) is 12.8 Å². The van der Waals surface area contributed by atoms with Crippen LogP contribution in [0.1, 0.15) is 58.3 Å². The molecule has 7 aliphatic rings. The molecular weight excluding hydrogens is 454 g/mol. The zero-order valence-electron chi connectivity index (χ0n) is 18.9. The van der Waals surface area contributed by atoms with E-state index in [4.69, 9.17) is 18.9 Å². The van der Waals surface area contributed by atoms with Gasteiger partial charge in [-0.1, -0.05) is 0 Å². The average molecular weight is 482 g/mol. The highest BCUT2D eigenvalue weighted by Crippen LogP contribution is 2.63. The summed E-state index contributed by atoms with van der Waals surface area (Å²) in [4.78, 5) is 49.5. The van der Waals surface area contributed by atoms with Crippen molar-refractivity contribution in [3.63, 3.8) is 0 Å². The molecule has 6 saturated carbocycles. The number of esters is 4. The number of ether oxygens (including phenoxy) is 4. The molecule has 7 rings (SSSR count). The van der Waals surface area contributed by atoms with Gasteiger partial charge in [-0.05, 0) is 56.8 Å². The van der Waals surface area contributed by atoms with Crippen LogP contribution in [0.2, 0.25) is 0 Å². The van der Waals surface area contributed by atoms with Gasteiger partial charge in [0.05, 0.1) is 11.3 Å². The second-order valence-electron chi connectivity index (χ2n) is 11.6. The topological polar surface area (TPSA) is 105 Å². The molecule has 34 heavy (non-hydrogen) atoms. The lowest BCUT2D eigenvalue weighted by atomic mass is 9.48. The third kappa shape index (κ3) is 3.34. The number of hydrogen-bond acceptors (Lipinski definition) is 8. The van der Waals surface area contributed by atoms with Crippen molar-refractivity contribution in [1.82, 2.24) is 0 Å². The van der Waals surface area contributed by atoms with Gasteiger partial charge in [0.2, 0.25) is 0 Å². The summed E-state index contributed by atoms with van der Waals surface area (Å²) in [5.74, 6) is -6.40. The van der Waals surface area contributed by atoms with E-state index in [-0.39, 0.29) is 42.0 Å². The molecule has 1 heterocycles. The SMILES string of the molecule is CC(F)(F)C(=O)OC12CC3CC(C1)CC(C(=O)OCC(=O)OC1C4CC5C(=O)OC1C5C4)(C3)C2. The highest BCUT2D eigenvalue weighted by molar-refractivity contribution is 5.82. The molecule has 186 valence electrons. The van der Waals surface area contributed by atoms with Crippen molar-refractivity contribution in [2.75, 3.05) is 6.61 Å². The first-order valence-corrected chi connectivity index (χ1v) is 12.2. The molecule has 10 heteroatoms. The van der Waals surface area contributed by atoms with Crippen LogP contribution < -0.4 is 0 Å². The van der Waals surface area contributed by atoms with Gasteiger partial charge < -0.3 is 18.9 Å². The van der Waals surface area contributed by atoms with E-state index in [1.54, 1.807) is 0 Å². The van der Waals surface area contributed by atoms with Crippen LogP contribution in [0.3, 0.4) is 0 Å². The molecule has 0 N–H and O–H groups in total. The van der Waals surface area contributed by atoms with Gasteiger partial charge in [0.15, 0.2) is 6.61 Å². The van der Waals surface area contributed by atoms with E-state index >= 15 is 0 Å². The third-order valence-corrected chi connectivity index (χ3v) is 9.11. The monoisotopic (exact) mass is 482 g/mol. The van der Waals surface area contributed by atoms with Crippen LogP contribution in [0.15, 0.2) is 0 Å². The first-order chi connectivity index (χ1) is 16.0. The summed E-state index contributed by atoms with van der Waals surface area (Å²) in [6.45, 7) is -0.0535. The van der Waals surface area contributed by atoms with Crippen LogP contribution in [0, 0.1) is 35.0 Å². The fraction of sp³-hybridized carbons (Fsp3) is 0.833. The second kappa shape index (κ2) is 7.13. The zero-order chi connectivity index (χ0) is 24.0. The van der Waals surface area contributed by atoms with Crippen molar-refractivity contribution in [1.29, 1.82) is 0 Å². The molecule has 0 aromatic rings. The predicted molar refractivity (Wildman–Crippen MR) is 107 cm³/mol. The fourth-order valence-corrected chi connectivity index (χ4v) is 8.35. The molecule has 1 saturated heterocycles. The molecule has 0 aromatic heterocycles. The number of halogens is 2. The molecular formula is C24H28F2O8. The number of carbonyl (C=O) groups excluding carboxylic acids is 4. The largest absolute Gasteiger partial charge is 0.458 e. The summed E-state index contributed by atoms with van der Waals surface area (Å²) in [6, 6.07) is 0. The van der Waals surface area contributed by atoms with Crippen molar-refractivity contribution in [2.24, 2.45) is 35.0 Å². The van der Waals surface area contributed by atoms with Crippen molar-refractivity contribution >= 4 is 23.9 Å². The number of alkyl halides is 2. The Morgan fingerprint density at radius 3 is 2.47 bits per heavy atom. The van der Waals surface area contributed by atoms with E-state index < -0.39 is 53.7 Å². The Balaban J connectivity index is 1.09. The molecule has 7 unspecified atom stereocenters. The van der Waals surface area contributed by atoms with Crippen molar-refractivity contribution in [3.8, 4) is 0 Å². The minimum absolute atomic E-state index is 0.0815. The number of rotatable bonds is 6. The Bertz CT molecular complexity index is 943. The van der Waals surface area contributed by atoms with E-state index in [0.29, 0.717) is 39.0 Å². The van der Waals surface area contributed by atoms with Crippen LogP contribution in [-0.2, 0) is 38.1 Å². The van der Waals surface area contributed by atoms with Crippen molar-refractivity contribution in [2.45, 2.75) is 82.0 Å². The first-order valence-electron chi connectivity index (χ1n) is 12.2.